The predicted molar refractivity (Wildman–Crippen MR) is 62.9 cm³/mol. The summed E-state index contributed by atoms with van der Waals surface area (Å²) in [7, 11) is 0. The molecule has 0 bridgehead atoms. The number of hydrogen-bond donors (Lipinski definition) is 1. The van der Waals surface area contributed by atoms with Crippen LogP contribution in [0.4, 0.5) is 5.95 Å². The molecule has 1 atom stereocenters. The Morgan fingerprint density at radius 3 is 3.12 bits per heavy atom. The number of aromatic nitrogens is 2. The fourth-order valence-corrected chi connectivity index (χ4v) is 2.42. The number of rotatable bonds is 3. The van der Waals surface area contributed by atoms with Crippen LogP contribution in [0.1, 0.15) is 30.3 Å². The van der Waals surface area contributed by atoms with E-state index < -0.39 is 0 Å². The lowest BCUT2D eigenvalue weighted by molar-refractivity contribution is 0.0520. The van der Waals surface area contributed by atoms with Crippen molar-refractivity contribution in [3.63, 3.8) is 0 Å². The number of carbonyl (C=O) groups excluding carboxylic acids is 1. The molecule has 1 aromatic rings. The summed E-state index contributed by atoms with van der Waals surface area (Å²) in [5.74, 6) is 2.01. The summed E-state index contributed by atoms with van der Waals surface area (Å²) in [4.78, 5) is 15.8. The topological polar surface area (TPSA) is 56.2 Å². The van der Waals surface area contributed by atoms with E-state index in [0.717, 1.165) is 25.0 Å². The largest absolute Gasteiger partial charge is 0.461 e. The lowest BCUT2D eigenvalue weighted by Gasteiger charge is -2.24. The SMILES string of the molecule is CCOC(=O)c1cn2c(n1)NCC(C1CC1)C2. The van der Waals surface area contributed by atoms with E-state index >= 15 is 0 Å². The van der Waals surface area contributed by atoms with Gasteiger partial charge in [0.05, 0.1) is 6.61 Å². The van der Waals surface area contributed by atoms with E-state index in [1.807, 2.05) is 4.57 Å². The molecule has 2 heterocycles. The molecule has 0 amide bonds. The molecule has 5 nitrogen and oxygen atoms in total. The molecule has 1 N–H and O–H groups in total. The number of fused-ring (bicyclic) bond motifs is 1. The third kappa shape index (κ3) is 2.01. The van der Waals surface area contributed by atoms with Gasteiger partial charge in [-0.1, -0.05) is 0 Å². The molecule has 1 aromatic heterocycles. The Balaban J connectivity index is 1.76. The molecule has 1 saturated carbocycles. The Bertz CT molecular complexity index is 437. The second kappa shape index (κ2) is 4.05. The summed E-state index contributed by atoms with van der Waals surface area (Å²) in [6.07, 6.45) is 4.50. The standard InChI is InChI=1S/C12H17N3O2/c1-2-17-11(16)10-7-15-6-9(8-3-4-8)5-13-12(15)14-10/h7-9H,2-6H2,1H3,(H,13,14). The van der Waals surface area contributed by atoms with Gasteiger partial charge in [-0.2, -0.15) is 0 Å². The van der Waals surface area contributed by atoms with E-state index in [1.54, 1.807) is 13.1 Å². The second-order valence-corrected chi connectivity index (χ2v) is 4.80. The molecule has 0 radical (unpaired) electrons. The third-order valence-electron chi connectivity index (χ3n) is 3.50. The highest BCUT2D eigenvalue weighted by Gasteiger charge is 2.34. The number of imidazole rings is 1. The average molecular weight is 235 g/mol. The first-order chi connectivity index (χ1) is 8.28. The van der Waals surface area contributed by atoms with Gasteiger partial charge in [-0.3, -0.25) is 0 Å². The normalized spacial score (nSPS) is 22.8. The van der Waals surface area contributed by atoms with Crippen LogP contribution in [-0.4, -0.2) is 28.7 Å². The van der Waals surface area contributed by atoms with E-state index in [4.69, 9.17) is 4.74 Å². The van der Waals surface area contributed by atoms with Gasteiger partial charge in [0.1, 0.15) is 0 Å². The summed E-state index contributed by atoms with van der Waals surface area (Å²) >= 11 is 0. The van der Waals surface area contributed by atoms with Crippen LogP contribution in [-0.2, 0) is 11.3 Å². The summed E-state index contributed by atoms with van der Waals surface area (Å²) in [5.41, 5.74) is 0.408. The number of hydrogen-bond acceptors (Lipinski definition) is 4. The summed E-state index contributed by atoms with van der Waals surface area (Å²) in [5, 5.41) is 3.30. The van der Waals surface area contributed by atoms with Crippen molar-refractivity contribution >= 4 is 11.9 Å². The minimum atomic E-state index is -0.334. The smallest absolute Gasteiger partial charge is 0.358 e. The minimum absolute atomic E-state index is 0.334. The molecule has 0 saturated heterocycles. The maximum absolute atomic E-state index is 11.6. The second-order valence-electron chi connectivity index (χ2n) is 4.80. The van der Waals surface area contributed by atoms with Crippen LogP contribution in [0.2, 0.25) is 0 Å². The Morgan fingerprint density at radius 2 is 2.41 bits per heavy atom. The molecule has 1 unspecified atom stereocenters. The zero-order chi connectivity index (χ0) is 11.8. The molecule has 1 fully saturated rings. The molecule has 0 spiro atoms. The summed E-state index contributed by atoms with van der Waals surface area (Å²) in [6, 6.07) is 0. The van der Waals surface area contributed by atoms with Crippen LogP contribution in [0, 0.1) is 11.8 Å². The Hall–Kier alpha value is -1.52. The van der Waals surface area contributed by atoms with Crippen LogP contribution in [0.3, 0.4) is 0 Å². The first-order valence-electron chi connectivity index (χ1n) is 6.26. The first-order valence-corrected chi connectivity index (χ1v) is 6.26. The molecule has 0 aromatic carbocycles. The molecule has 92 valence electrons. The highest BCUT2D eigenvalue weighted by Crippen LogP contribution is 2.39. The highest BCUT2D eigenvalue weighted by atomic mass is 16.5. The van der Waals surface area contributed by atoms with Crippen molar-refractivity contribution in [2.45, 2.75) is 26.3 Å². The lowest BCUT2D eigenvalue weighted by Crippen LogP contribution is -2.28. The molecule has 1 aliphatic carbocycles. The Labute approximate surface area is 100 Å². The van der Waals surface area contributed by atoms with Crippen LogP contribution < -0.4 is 5.32 Å². The lowest BCUT2D eigenvalue weighted by atomic mass is 10.0. The van der Waals surface area contributed by atoms with Crippen LogP contribution >= 0.6 is 0 Å². The van der Waals surface area contributed by atoms with Gasteiger partial charge in [0.15, 0.2) is 5.69 Å². The van der Waals surface area contributed by atoms with Crippen LogP contribution in [0.5, 0.6) is 0 Å². The number of esters is 1. The number of carbonyl (C=O) groups is 1. The molecular weight excluding hydrogens is 218 g/mol. The van der Waals surface area contributed by atoms with Gasteiger partial charge < -0.3 is 14.6 Å². The Morgan fingerprint density at radius 1 is 1.59 bits per heavy atom. The van der Waals surface area contributed by atoms with Gasteiger partial charge in [-0.05, 0) is 31.6 Å². The number of nitrogens with one attached hydrogen (secondary N) is 1. The van der Waals surface area contributed by atoms with E-state index in [1.165, 1.54) is 12.8 Å². The monoisotopic (exact) mass is 235 g/mol. The van der Waals surface area contributed by atoms with Crippen molar-refractivity contribution in [3.8, 4) is 0 Å². The molecule has 5 heteroatoms. The van der Waals surface area contributed by atoms with Crippen molar-refractivity contribution < 1.29 is 9.53 Å². The van der Waals surface area contributed by atoms with Crippen LogP contribution in [0.15, 0.2) is 6.20 Å². The third-order valence-corrected chi connectivity index (χ3v) is 3.50. The summed E-state index contributed by atoms with van der Waals surface area (Å²) < 4.78 is 6.99. The molecule has 1 aliphatic heterocycles. The van der Waals surface area contributed by atoms with E-state index in [9.17, 15) is 4.79 Å². The number of anilines is 1. The average Bonchev–Trinajstić information content (AvgIpc) is 3.08. The molecule has 3 rings (SSSR count). The van der Waals surface area contributed by atoms with Gasteiger partial charge in [-0.15, -0.1) is 0 Å². The fourth-order valence-electron chi connectivity index (χ4n) is 2.42. The van der Waals surface area contributed by atoms with Crippen molar-refractivity contribution in [1.29, 1.82) is 0 Å². The minimum Gasteiger partial charge on any atom is -0.461 e. The highest BCUT2D eigenvalue weighted by molar-refractivity contribution is 5.87. The molecule has 2 aliphatic rings. The maximum atomic E-state index is 11.6. The van der Waals surface area contributed by atoms with E-state index in [0.29, 0.717) is 18.2 Å². The van der Waals surface area contributed by atoms with Crippen molar-refractivity contribution in [2.75, 3.05) is 18.5 Å². The van der Waals surface area contributed by atoms with E-state index in [2.05, 4.69) is 10.3 Å². The summed E-state index contributed by atoms with van der Waals surface area (Å²) in [6.45, 7) is 4.14. The van der Waals surface area contributed by atoms with Gasteiger partial charge in [-0.25, -0.2) is 9.78 Å². The number of ether oxygens (including phenoxy) is 1. The quantitative estimate of drug-likeness (QED) is 0.807. The van der Waals surface area contributed by atoms with E-state index in [-0.39, 0.29) is 5.97 Å². The predicted octanol–water partition coefficient (Wildman–Crippen LogP) is 1.51. The molecule has 17 heavy (non-hydrogen) atoms. The first kappa shape index (κ1) is 10.6. The van der Waals surface area contributed by atoms with Gasteiger partial charge in [0, 0.05) is 19.3 Å². The Kier molecular flexibility index (Phi) is 2.53. The van der Waals surface area contributed by atoms with Crippen molar-refractivity contribution in [1.82, 2.24) is 9.55 Å². The van der Waals surface area contributed by atoms with Crippen molar-refractivity contribution in [3.05, 3.63) is 11.9 Å². The van der Waals surface area contributed by atoms with Crippen molar-refractivity contribution in [2.24, 2.45) is 11.8 Å². The fraction of sp³-hybridized carbons (Fsp3) is 0.667. The number of nitrogens with zero attached hydrogens (tertiary/aromatic N) is 2. The molecular formula is C12H17N3O2. The van der Waals surface area contributed by atoms with Crippen LogP contribution in [0.25, 0.3) is 0 Å². The zero-order valence-corrected chi connectivity index (χ0v) is 9.98. The van der Waals surface area contributed by atoms with Gasteiger partial charge in [0.2, 0.25) is 5.95 Å². The maximum Gasteiger partial charge on any atom is 0.358 e. The van der Waals surface area contributed by atoms with Gasteiger partial charge in [0.25, 0.3) is 0 Å². The zero-order valence-electron chi connectivity index (χ0n) is 9.98. The van der Waals surface area contributed by atoms with Gasteiger partial charge >= 0.3 is 5.97 Å².